The monoisotopic (exact) mass is 377 g/mol. The van der Waals surface area contributed by atoms with E-state index in [0.717, 1.165) is 0 Å². The Kier molecular flexibility index (Phi) is 4.76. The summed E-state index contributed by atoms with van der Waals surface area (Å²) in [6.07, 6.45) is -5.06. The number of rotatable bonds is 4. The quantitative estimate of drug-likeness (QED) is 0.797. The maximum absolute atomic E-state index is 13.3. The minimum Gasteiger partial charge on any atom is -0.478 e. The Balaban J connectivity index is 2.48. The molecule has 0 heterocycles. The number of nitrogens with one attached hydrogen (secondary N) is 1. The second kappa shape index (κ2) is 6.36. The minimum absolute atomic E-state index is 0.0803. The molecule has 2 aromatic carbocycles. The minimum atomic E-state index is -5.06. The fourth-order valence-corrected chi connectivity index (χ4v) is 3.22. The van der Waals surface area contributed by atoms with Crippen molar-refractivity contribution >= 4 is 21.7 Å². The number of carboxylic acid groups (broad SMARTS) is 1. The standard InChI is InChI=1S/C15H11F4NO4S/c1-8-10(14(21)22)3-2-4-13(8)20-25(23,24)9-5-6-12(16)11(7-9)15(17,18)19/h2-7,20H,1H3,(H,21,22). The first-order valence-electron chi connectivity index (χ1n) is 6.66. The van der Waals surface area contributed by atoms with Crippen LogP contribution in [0.25, 0.3) is 0 Å². The number of sulfonamides is 1. The molecule has 134 valence electrons. The van der Waals surface area contributed by atoms with Crippen LogP contribution in [-0.4, -0.2) is 19.5 Å². The lowest BCUT2D eigenvalue weighted by molar-refractivity contribution is -0.140. The lowest BCUT2D eigenvalue weighted by atomic mass is 10.1. The molecule has 25 heavy (non-hydrogen) atoms. The van der Waals surface area contributed by atoms with Crippen molar-refractivity contribution < 1.29 is 35.9 Å². The summed E-state index contributed by atoms with van der Waals surface area (Å²) in [4.78, 5) is 10.3. The van der Waals surface area contributed by atoms with E-state index in [4.69, 9.17) is 5.11 Å². The Labute approximate surface area is 140 Å². The summed E-state index contributed by atoms with van der Waals surface area (Å²) >= 11 is 0. The summed E-state index contributed by atoms with van der Waals surface area (Å²) in [5.41, 5.74) is -1.92. The molecule has 0 bridgehead atoms. The molecule has 0 aliphatic heterocycles. The first kappa shape index (κ1) is 18.7. The molecule has 0 spiro atoms. The Morgan fingerprint density at radius 3 is 2.36 bits per heavy atom. The number of anilines is 1. The zero-order chi connectivity index (χ0) is 19.0. The van der Waals surface area contributed by atoms with E-state index in [1.54, 1.807) is 0 Å². The highest BCUT2D eigenvalue weighted by atomic mass is 32.2. The molecule has 0 radical (unpaired) electrons. The van der Waals surface area contributed by atoms with Crippen LogP contribution >= 0.6 is 0 Å². The van der Waals surface area contributed by atoms with Crippen LogP contribution in [0.15, 0.2) is 41.3 Å². The second-order valence-electron chi connectivity index (χ2n) is 5.03. The van der Waals surface area contributed by atoms with E-state index in [1.807, 2.05) is 4.72 Å². The summed E-state index contributed by atoms with van der Waals surface area (Å²) in [7, 11) is -4.49. The van der Waals surface area contributed by atoms with Gasteiger partial charge in [0, 0.05) is 0 Å². The predicted octanol–water partition coefficient (Wildman–Crippen LogP) is 3.65. The summed E-state index contributed by atoms with van der Waals surface area (Å²) < 4.78 is 78.0. The average Bonchev–Trinajstić information content (AvgIpc) is 2.48. The first-order chi connectivity index (χ1) is 11.4. The van der Waals surface area contributed by atoms with Crippen LogP contribution in [0.2, 0.25) is 0 Å². The van der Waals surface area contributed by atoms with Crippen molar-refractivity contribution in [3.63, 3.8) is 0 Å². The first-order valence-corrected chi connectivity index (χ1v) is 8.14. The second-order valence-corrected chi connectivity index (χ2v) is 6.71. The average molecular weight is 377 g/mol. The van der Waals surface area contributed by atoms with Gasteiger partial charge in [0.15, 0.2) is 0 Å². The Morgan fingerprint density at radius 1 is 1.16 bits per heavy atom. The normalized spacial score (nSPS) is 12.0. The van der Waals surface area contributed by atoms with Crippen molar-refractivity contribution in [3.05, 3.63) is 58.9 Å². The molecule has 0 saturated carbocycles. The van der Waals surface area contributed by atoms with Crippen LogP contribution < -0.4 is 4.72 Å². The lowest BCUT2D eigenvalue weighted by Gasteiger charge is -2.14. The van der Waals surface area contributed by atoms with Crippen LogP contribution in [0.4, 0.5) is 23.2 Å². The number of benzene rings is 2. The van der Waals surface area contributed by atoms with Crippen molar-refractivity contribution in [1.82, 2.24) is 0 Å². The van der Waals surface area contributed by atoms with Crippen molar-refractivity contribution in [2.24, 2.45) is 0 Å². The zero-order valence-corrected chi connectivity index (χ0v) is 13.4. The molecule has 2 rings (SSSR count). The molecule has 0 unspecified atom stereocenters. The summed E-state index contributed by atoms with van der Waals surface area (Å²) in [5, 5.41) is 9.02. The van der Waals surface area contributed by atoms with E-state index in [2.05, 4.69) is 0 Å². The highest BCUT2D eigenvalue weighted by Crippen LogP contribution is 2.33. The largest absolute Gasteiger partial charge is 0.478 e. The van der Waals surface area contributed by atoms with Crippen molar-refractivity contribution in [3.8, 4) is 0 Å². The van der Waals surface area contributed by atoms with E-state index >= 15 is 0 Å². The number of halogens is 4. The molecule has 2 N–H and O–H groups in total. The molecule has 10 heteroatoms. The van der Waals surface area contributed by atoms with Gasteiger partial charge in [-0.25, -0.2) is 17.6 Å². The molecular formula is C15H11F4NO4S. The summed E-state index contributed by atoms with van der Waals surface area (Å²) in [5.74, 6) is -2.89. The maximum Gasteiger partial charge on any atom is 0.419 e. The summed E-state index contributed by atoms with van der Waals surface area (Å²) in [6, 6.07) is 5.04. The van der Waals surface area contributed by atoms with Gasteiger partial charge in [-0.15, -0.1) is 0 Å². The van der Waals surface area contributed by atoms with E-state index in [0.29, 0.717) is 12.1 Å². The van der Waals surface area contributed by atoms with Gasteiger partial charge in [0.05, 0.1) is 21.7 Å². The molecule has 2 aromatic rings. The number of carbonyl (C=O) groups is 1. The molecule has 0 aliphatic carbocycles. The van der Waals surface area contributed by atoms with E-state index in [-0.39, 0.29) is 22.9 Å². The number of carboxylic acids is 1. The van der Waals surface area contributed by atoms with Crippen LogP contribution in [0.3, 0.4) is 0 Å². The van der Waals surface area contributed by atoms with Gasteiger partial charge < -0.3 is 5.11 Å². The Bertz CT molecular complexity index is 939. The molecule has 0 fully saturated rings. The van der Waals surface area contributed by atoms with Crippen LogP contribution in [0, 0.1) is 12.7 Å². The Morgan fingerprint density at radius 2 is 1.80 bits per heavy atom. The van der Waals surface area contributed by atoms with Crippen LogP contribution in [0.1, 0.15) is 21.5 Å². The highest BCUT2D eigenvalue weighted by Gasteiger charge is 2.35. The highest BCUT2D eigenvalue weighted by molar-refractivity contribution is 7.92. The lowest BCUT2D eigenvalue weighted by Crippen LogP contribution is -2.17. The number of hydrogen-bond donors (Lipinski definition) is 2. The van der Waals surface area contributed by atoms with Crippen LogP contribution in [0.5, 0.6) is 0 Å². The molecule has 0 aliphatic rings. The van der Waals surface area contributed by atoms with Gasteiger partial charge in [-0.2, -0.15) is 13.2 Å². The predicted molar refractivity (Wildman–Crippen MR) is 80.3 cm³/mol. The van der Waals surface area contributed by atoms with Gasteiger partial charge in [0.25, 0.3) is 10.0 Å². The van der Waals surface area contributed by atoms with Crippen LogP contribution in [-0.2, 0) is 16.2 Å². The molecular weight excluding hydrogens is 366 g/mol. The van der Waals surface area contributed by atoms with Gasteiger partial charge >= 0.3 is 12.1 Å². The molecule has 0 amide bonds. The Hall–Kier alpha value is -2.62. The SMILES string of the molecule is Cc1c(NS(=O)(=O)c2ccc(F)c(C(F)(F)F)c2)cccc1C(=O)O. The fraction of sp³-hybridized carbons (Fsp3) is 0.133. The third-order valence-corrected chi connectivity index (χ3v) is 4.73. The third-order valence-electron chi connectivity index (χ3n) is 3.36. The number of aromatic carboxylic acids is 1. The maximum atomic E-state index is 13.3. The fourth-order valence-electron chi connectivity index (χ4n) is 2.07. The van der Waals surface area contributed by atoms with E-state index in [9.17, 15) is 30.8 Å². The van der Waals surface area contributed by atoms with Crippen molar-refractivity contribution in [2.45, 2.75) is 18.0 Å². The van der Waals surface area contributed by atoms with Gasteiger partial charge in [-0.1, -0.05) is 6.07 Å². The third kappa shape index (κ3) is 3.90. The number of hydrogen-bond acceptors (Lipinski definition) is 3. The topological polar surface area (TPSA) is 83.5 Å². The van der Waals surface area contributed by atoms with Gasteiger partial charge in [0.1, 0.15) is 5.82 Å². The number of alkyl halides is 3. The molecule has 0 atom stereocenters. The molecule has 0 aromatic heterocycles. The van der Waals surface area contributed by atoms with E-state index < -0.39 is 38.4 Å². The van der Waals surface area contributed by atoms with Gasteiger partial charge in [0.2, 0.25) is 0 Å². The van der Waals surface area contributed by atoms with Gasteiger partial charge in [-0.05, 0) is 42.8 Å². The molecule has 5 nitrogen and oxygen atoms in total. The smallest absolute Gasteiger partial charge is 0.419 e. The van der Waals surface area contributed by atoms with Gasteiger partial charge in [-0.3, -0.25) is 4.72 Å². The summed E-state index contributed by atoms with van der Waals surface area (Å²) in [6.45, 7) is 1.34. The zero-order valence-electron chi connectivity index (χ0n) is 12.6. The van der Waals surface area contributed by atoms with Crippen molar-refractivity contribution in [1.29, 1.82) is 0 Å². The van der Waals surface area contributed by atoms with E-state index in [1.165, 1.54) is 25.1 Å². The molecule has 0 saturated heterocycles. The van der Waals surface area contributed by atoms with Crippen molar-refractivity contribution in [2.75, 3.05) is 4.72 Å².